The molecule has 1 rings (SSSR count). The lowest BCUT2D eigenvalue weighted by atomic mass is 10.1. The maximum absolute atomic E-state index is 12.5. The van der Waals surface area contributed by atoms with Crippen LogP contribution in [0.4, 0.5) is 18.9 Å². The summed E-state index contributed by atoms with van der Waals surface area (Å²) in [4.78, 5) is 0. The van der Waals surface area contributed by atoms with Crippen molar-refractivity contribution in [3.05, 3.63) is 41.6 Å². The first-order chi connectivity index (χ1) is 7.99. The van der Waals surface area contributed by atoms with Gasteiger partial charge in [-0.15, -0.1) is 0 Å². The first-order valence-electron chi connectivity index (χ1n) is 4.42. The molecule has 0 amide bonds. The van der Waals surface area contributed by atoms with Gasteiger partial charge in [-0.05, 0) is 12.1 Å². The third-order valence-corrected chi connectivity index (χ3v) is 1.85. The van der Waals surface area contributed by atoms with E-state index in [9.17, 15) is 13.2 Å². The minimum absolute atomic E-state index is 0.206. The number of alkyl halides is 3. The third kappa shape index (κ3) is 3.25. The molecular formula is C11H6F3N3. The van der Waals surface area contributed by atoms with E-state index in [-0.39, 0.29) is 11.3 Å². The molecule has 0 aliphatic carbocycles. The van der Waals surface area contributed by atoms with Gasteiger partial charge in [0.2, 0.25) is 0 Å². The van der Waals surface area contributed by atoms with Crippen LogP contribution in [0.15, 0.2) is 36.0 Å². The number of allylic oxidation sites excluding steroid dienone is 1. The van der Waals surface area contributed by atoms with Gasteiger partial charge in [0.15, 0.2) is 0 Å². The van der Waals surface area contributed by atoms with Crippen LogP contribution < -0.4 is 5.32 Å². The summed E-state index contributed by atoms with van der Waals surface area (Å²) in [6, 6.07) is 7.88. The van der Waals surface area contributed by atoms with Gasteiger partial charge >= 0.3 is 6.18 Å². The van der Waals surface area contributed by atoms with Gasteiger partial charge in [-0.25, -0.2) is 0 Å². The van der Waals surface area contributed by atoms with Crippen molar-refractivity contribution in [1.29, 1.82) is 10.5 Å². The maximum atomic E-state index is 12.5. The Bertz CT molecular complexity index is 502. The predicted molar refractivity (Wildman–Crippen MR) is 54.4 cm³/mol. The number of rotatable bonds is 2. The lowest BCUT2D eigenvalue weighted by Crippen LogP contribution is -2.08. The highest BCUT2D eigenvalue weighted by molar-refractivity contribution is 5.56. The number of hydrogen-bond donors (Lipinski definition) is 1. The monoisotopic (exact) mass is 237 g/mol. The smallest absolute Gasteiger partial charge is 0.359 e. The lowest BCUT2D eigenvalue weighted by molar-refractivity contribution is -0.136. The van der Waals surface area contributed by atoms with E-state index in [0.717, 1.165) is 12.3 Å². The highest BCUT2D eigenvalue weighted by Gasteiger charge is 2.32. The van der Waals surface area contributed by atoms with Crippen molar-refractivity contribution in [1.82, 2.24) is 0 Å². The van der Waals surface area contributed by atoms with Gasteiger partial charge < -0.3 is 5.32 Å². The second-order valence-electron chi connectivity index (χ2n) is 2.97. The number of anilines is 1. The second kappa shape index (κ2) is 5.04. The standard InChI is InChI=1S/C11H6F3N3/c12-11(13,14)9-3-1-2-4-10(9)17-7-8(5-15)6-16/h1-4,7,17H. The van der Waals surface area contributed by atoms with E-state index in [0.29, 0.717) is 0 Å². The molecule has 0 unspecified atom stereocenters. The van der Waals surface area contributed by atoms with Crippen LogP contribution in [0.1, 0.15) is 5.56 Å². The number of halogens is 3. The van der Waals surface area contributed by atoms with E-state index >= 15 is 0 Å². The highest BCUT2D eigenvalue weighted by atomic mass is 19.4. The van der Waals surface area contributed by atoms with Crippen LogP contribution in [-0.2, 0) is 6.18 Å². The van der Waals surface area contributed by atoms with Crippen LogP contribution in [0.25, 0.3) is 0 Å². The van der Waals surface area contributed by atoms with Crippen LogP contribution in [0.2, 0.25) is 0 Å². The molecule has 0 spiro atoms. The first-order valence-corrected chi connectivity index (χ1v) is 4.42. The largest absolute Gasteiger partial charge is 0.418 e. The van der Waals surface area contributed by atoms with E-state index in [1.54, 1.807) is 0 Å². The molecule has 0 saturated carbocycles. The average Bonchev–Trinajstić information content (AvgIpc) is 2.29. The fourth-order valence-electron chi connectivity index (χ4n) is 1.10. The van der Waals surface area contributed by atoms with Gasteiger partial charge in [-0.2, -0.15) is 23.7 Å². The average molecular weight is 237 g/mol. The summed E-state index contributed by atoms with van der Waals surface area (Å²) in [5.41, 5.74) is -1.36. The molecular weight excluding hydrogens is 231 g/mol. The van der Waals surface area contributed by atoms with Gasteiger partial charge in [0.1, 0.15) is 17.7 Å². The van der Waals surface area contributed by atoms with Gasteiger partial charge in [0.25, 0.3) is 0 Å². The summed E-state index contributed by atoms with van der Waals surface area (Å²) in [6.07, 6.45) is -3.55. The van der Waals surface area contributed by atoms with Crippen molar-refractivity contribution in [2.24, 2.45) is 0 Å². The molecule has 1 N–H and O–H groups in total. The van der Waals surface area contributed by atoms with E-state index in [1.807, 2.05) is 0 Å². The van der Waals surface area contributed by atoms with Crippen LogP contribution in [0.5, 0.6) is 0 Å². The summed E-state index contributed by atoms with van der Waals surface area (Å²) < 4.78 is 37.6. The number of nitrogens with one attached hydrogen (secondary N) is 1. The number of nitrogens with zero attached hydrogens (tertiary/aromatic N) is 2. The minimum Gasteiger partial charge on any atom is -0.359 e. The van der Waals surface area contributed by atoms with E-state index < -0.39 is 11.7 Å². The zero-order chi connectivity index (χ0) is 12.9. The zero-order valence-electron chi connectivity index (χ0n) is 8.42. The fraction of sp³-hybridized carbons (Fsp3) is 0.0909. The quantitative estimate of drug-likeness (QED) is 0.804. The summed E-state index contributed by atoms with van der Waals surface area (Å²) in [7, 11) is 0. The van der Waals surface area contributed by atoms with Gasteiger partial charge in [0.05, 0.1) is 11.3 Å². The zero-order valence-corrected chi connectivity index (χ0v) is 8.42. The van der Waals surface area contributed by atoms with Crippen LogP contribution in [0.3, 0.4) is 0 Å². The Balaban J connectivity index is 3.06. The lowest BCUT2D eigenvalue weighted by Gasteiger charge is -2.11. The van der Waals surface area contributed by atoms with E-state index in [4.69, 9.17) is 10.5 Å². The fourth-order valence-corrected chi connectivity index (χ4v) is 1.10. The molecule has 0 atom stereocenters. The van der Waals surface area contributed by atoms with Crippen molar-refractivity contribution in [2.75, 3.05) is 5.32 Å². The molecule has 0 bridgehead atoms. The Kier molecular flexibility index (Phi) is 3.74. The Morgan fingerprint density at radius 1 is 1.18 bits per heavy atom. The molecule has 0 aliphatic heterocycles. The van der Waals surface area contributed by atoms with E-state index in [2.05, 4.69) is 5.32 Å². The van der Waals surface area contributed by atoms with Gasteiger partial charge in [-0.1, -0.05) is 12.1 Å². The van der Waals surface area contributed by atoms with E-state index in [1.165, 1.54) is 30.3 Å². The van der Waals surface area contributed by atoms with Crippen molar-refractivity contribution < 1.29 is 13.2 Å². The molecule has 0 radical (unpaired) electrons. The Hall–Kier alpha value is -2.47. The van der Waals surface area contributed by atoms with Crippen LogP contribution >= 0.6 is 0 Å². The normalized spacial score (nSPS) is 9.94. The molecule has 86 valence electrons. The summed E-state index contributed by atoms with van der Waals surface area (Å²) >= 11 is 0. The van der Waals surface area contributed by atoms with Crippen molar-refractivity contribution >= 4 is 5.69 Å². The molecule has 0 fully saturated rings. The predicted octanol–water partition coefficient (Wildman–Crippen LogP) is 3.05. The number of benzene rings is 1. The van der Waals surface area contributed by atoms with Crippen molar-refractivity contribution in [3.63, 3.8) is 0 Å². The van der Waals surface area contributed by atoms with Crippen LogP contribution in [0, 0.1) is 22.7 Å². The third-order valence-electron chi connectivity index (χ3n) is 1.85. The molecule has 1 aromatic carbocycles. The van der Waals surface area contributed by atoms with Crippen molar-refractivity contribution in [2.45, 2.75) is 6.18 Å². The molecule has 6 heteroatoms. The summed E-state index contributed by atoms with van der Waals surface area (Å²) in [5.74, 6) is 0. The molecule has 0 aromatic heterocycles. The highest BCUT2D eigenvalue weighted by Crippen LogP contribution is 2.34. The molecule has 0 aliphatic rings. The van der Waals surface area contributed by atoms with Crippen molar-refractivity contribution in [3.8, 4) is 12.1 Å². The Morgan fingerprint density at radius 3 is 2.29 bits per heavy atom. The Morgan fingerprint density at radius 2 is 1.76 bits per heavy atom. The number of nitriles is 2. The molecule has 3 nitrogen and oxygen atoms in total. The molecule has 17 heavy (non-hydrogen) atoms. The topological polar surface area (TPSA) is 59.6 Å². The number of para-hydroxylation sites is 1. The maximum Gasteiger partial charge on any atom is 0.418 e. The SMILES string of the molecule is N#CC(C#N)=CNc1ccccc1C(F)(F)F. The Labute approximate surface area is 95.4 Å². The summed E-state index contributed by atoms with van der Waals surface area (Å²) in [6.45, 7) is 0. The molecule has 0 saturated heterocycles. The van der Waals surface area contributed by atoms with Gasteiger partial charge in [-0.3, -0.25) is 0 Å². The van der Waals surface area contributed by atoms with Crippen LogP contribution in [-0.4, -0.2) is 0 Å². The second-order valence-corrected chi connectivity index (χ2v) is 2.97. The molecule has 0 heterocycles. The minimum atomic E-state index is -4.49. The first kappa shape index (κ1) is 12.6. The summed E-state index contributed by atoms with van der Waals surface area (Å²) in [5, 5.41) is 19.2. The van der Waals surface area contributed by atoms with Gasteiger partial charge in [0, 0.05) is 6.20 Å². The molecule has 1 aromatic rings. The number of hydrogen-bond acceptors (Lipinski definition) is 3.